The quantitative estimate of drug-likeness (QED) is 0.0277. The molecule has 0 spiro atoms. The Kier molecular flexibility index (Phi) is 24.4. The number of phenols is 2. The number of hydrogen-bond acceptors (Lipinski definition) is 20. The third kappa shape index (κ3) is 16.0. The molecule has 1 aliphatic rings. The molecule has 77 heavy (non-hydrogen) atoms. The number of Topliss-reactive ketones (excluding diaryl/α,β-unsaturated/α-hetero) is 1. The van der Waals surface area contributed by atoms with E-state index >= 15 is 0 Å². The topological polar surface area (TPSA) is 301 Å². The van der Waals surface area contributed by atoms with E-state index in [-0.39, 0.29) is 212 Å². The number of ketones is 1. The molecule has 0 saturated carbocycles. The molecule has 0 radical (unpaired) electrons. The van der Waals surface area contributed by atoms with Crippen molar-refractivity contribution in [2.24, 2.45) is 25.4 Å². The molecule has 0 saturated heterocycles. The Labute approximate surface area is 551 Å². The number of allylic oxidation sites excluding steroid dienone is 1. The number of rotatable bonds is 15. The molecule has 26 heteroatoms. The molecule has 1 aromatic heterocycles. The van der Waals surface area contributed by atoms with Crippen LogP contribution < -0.4 is 174 Å². The van der Waals surface area contributed by atoms with Crippen LogP contribution in [0, 0.1) is 25.1 Å². The van der Waals surface area contributed by atoms with Crippen molar-refractivity contribution in [1.29, 1.82) is 0 Å². The summed E-state index contributed by atoms with van der Waals surface area (Å²) in [5.41, 5.74) is 3.23. The number of phenolic OH excluding ortho intramolecular Hbond substituents is 1. The van der Waals surface area contributed by atoms with Gasteiger partial charge in [0.2, 0.25) is 17.8 Å². The number of aromatic nitrogens is 3. The zero-order valence-corrected chi connectivity index (χ0v) is 53.4. The number of anilines is 6. The van der Waals surface area contributed by atoms with E-state index in [1.165, 1.54) is 25.3 Å². The van der Waals surface area contributed by atoms with Crippen molar-refractivity contribution >= 4 is 102 Å². The van der Waals surface area contributed by atoms with Crippen LogP contribution in [0.2, 0.25) is 0 Å². The smallest absolute Gasteiger partial charge is 0.744 e. The Morgan fingerprint density at radius 3 is 1.96 bits per heavy atom. The fourth-order valence-electron chi connectivity index (χ4n) is 7.31. The molecule has 7 aromatic carbocycles. The molecule has 0 atom stereocenters. The Balaban J connectivity index is 0.00000256. The Morgan fingerprint density at radius 1 is 0.714 bits per heavy atom. The van der Waals surface area contributed by atoms with E-state index in [4.69, 9.17) is 4.74 Å². The predicted octanol–water partition coefficient (Wildman–Crippen LogP) is -5.64. The largest absolute Gasteiger partial charge is 1.00 e. The molecule has 0 bridgehead atoms. The van der Waals surface area contributed by atoms with Crippen molar-refractivity contribution in [2.45, 2.75) is 18.4 Å². The van der Waals surface area contributed by atoms with E-state index in [2.05, 4.69) is 74.6 Å². The molecule has 8 aromatic rings. The summed E-state index contributed by atoms with van der Waals surface area (Å²) in [4.78, 5) is 42.9. The van der Waals surface area contributed by atoms with Gasteiger partial charge in [-0.1, -0.05) is 29.8 Å². The summed E-state index contributed by atoms with van der Waals surface area (Å²) < 4.78 is 43.0. The average molecular weight is 1090 g/mol. The van der Waals surface area contributed by atoms with E-state index in [0.29, 0.717) is 56.1 Å². The van der Waals surface area contributed by atoms with Crippen LogP contribution in [0.5, 0.6) is 17.2 Å². The number of aliphatic imine (C=N–C) groups is 1. The van der Waals surface area contributed by atoms with Gasteiger partial charge in [0.15, 0.2) is 0 Å². The van der Waals surface area contributed by atoms with E-state index in [1.807, 2.05) is 13.0 Å². The van der Waals surface area contributed by atoms with Crippen LogP contribution in [-0.2, 0) is 16.7 Å². The van der Waals surface area contributed by atoms with Gasteiger partial charge in [0.05, 0.1) is 42.5 Å². The number of benzene rings is 7. The number of aryl methyl sites for hydroxylation is 1. The SMILES string of the molecule is COc1cc(N=Nc2c[c-]cc3c[c-]cc(O)c23)c(C)cc1CN=C1[C-]=Cc2cc(S(=O)(=O)[O-])cc(Nc3nc(Nc4ccccc4)nc(Nc4ccc(N=Nc5ccc(C(=O)[O-])c(O)c5)cc4)n3)c2C1=O.[Na+].[Na+].[Na+].[Na+].[Na+]. The number of para-hydroxylation sites is 1. The number of fused-ring (bicyclic) bond motifs is 2. The van der Waals surface area contributed by atoms with Gasteiger partial charge in [0.25, 0.3) is 0 Å². The number of carbonyl (C=O) groups excluding carboxylic acids is 2. The average Bonchev–Trinajstić information content (AvgIpc) is 3.35. The second-order valence-electron chi connectivity index (χ2n) is 15.6. The number of methoxy groups -OCH3 is 1. The number of carbonyl (C=O) groups is 2. The van der Waals surface area contributed by atoms with Gasteiger partial charge in [-0.2, -0.15) is 72.8 Å². The van der Waals surface area contributed by atoms with Crippen molar-refractivity contribution in [1.82, 2.24) is 15.0 Å². The summed E-state index contributed by atoms with van der Waals surface area (Å²) in [6.07, 6.45) is 4.18. The van der Waals surface area contributed by atoms with Gasteiger partial charge >= 0.3 is 148 Å². The number of aromatic hydroxyl groups is 2. The monoisotopic (exact) mass is 1090 g/mol. The minimum absolute atomic E-state index is 0. The first kappa shape index (κ1) is 64.8. The molecule has 1 aliphatic carbocycles. The number of azo groups is 2. The van der Waals surface area contributed by atoms with Crippen molar-refractivity contribution in [3.05, 3.63) is 167 Å². The molecule has 0 fully saturated rings. The molecule has 5 N–H and O–H groups in total. The molecule has 358 valence electrons. The predicted molar refractivity (Wildman–Crippen MR) is 262 cm³/mol. The zero-order chi connectivity index (χ0) is 50.5. The first-order valence-corrected chi connectivity index (χ1v) is 22.7. The molecule has 1 heterocycles. The Bertz CT molecular complexity index is 3720. The van der Waals surface area contributed by atoms with E-state index in [1.54, 1.807) is 78.9 Å². The van der Waals surface area contributed by atoms with Crippen LogP contribution in [0.25, 0.3) is 16.8 Å². The van der Waals surface area contributed by atoms with E-state index in [0.717, 1.165) is 24.3 Å². The zero-order valence-electron chi connectivity index (χ0n) is 42.6. The Hall–Kier alpha value is -4.73. The molecular weight excluding hydrogens is 1060 g/mol. The number of carboxylic acid groups (broad SMARTS) is 1. The number of hydrogen-bond donors (Lipinski definition) is 5. The van der Waals surface area contributed by atoms with Crippen LogP contribution >= 0.6 is 0 Å². The maximum absolute atomic E-state index is 14.4. The van der Waals surface area contributed by atoms with Gasteiger partial charge in [-0.3, -0.25) is 0 Å². The number of nitrogens with zero attached hydrogens (tertiary/aromatic N) is 8. The first-order chi connectivity index (χ1) is 34.7. The van der Waals surface area contributed by atoms with E-state index in [9.17, 15) is 37.9 Å². The molecule has 0 aliphatic heterocycles. The van der Waals surface area contributed by atoms with E-state index < -0.39 is 32.5 Å². The second-order valence-corrected chi connectivity index (χ2v) is 17.0. The summed E-state index contributed by atoms with van der Waals surface area (Å²) in [6, 6.07) is 37.0. The van der Waals surface area contributed by atoms with Gasteiger partial charge in [-0.25, -0.2) is 13.5 Å². The number of carboxylic acids is 1. The van der Waals surface area contributed by atoms with Gasteiger partial charge < -0.3 is 55.1 Å². The van der Waals surface area contributed by atoms with Crippen LogP contribution in [0.1, 0.15) is 37.4 Å². The first-order valence-electron chi connectivity index (χ1n) is 21.3. The van der Waals surface area contributed by atoms with Crippen molar-refractivity contribution in [3.8, 4) is 17.2 Å². The fraction of sp³-hybridized carbons (Fsp3) is 0.0588. The minimum Gasteiger partial charge on any atom is -0.744 e. The molecule has 0 unspecified atom stereocenters. The van der Waals surface area contributed by atoms with Gasteiger partial charge in [0.1, 0.15) is 21.6 Å². The molecule has 20 nitrogen and oxygen atoms in total. The summed E-state index contributed by atoms with van der Waals surface area (Å²) in [5, 5.41) is 58.9. The Morgan fingerprint density at radius 2 is 1.32 bits per heavy atom. The van der Waals surface area contributed by atoms with Gasteiger partial charge in [-0.05, 0) is 84.5 Å². The normalized spacial score (nSPS) is 12.1. The standard InChI is InChI=1S/C51H36N11O9S.5Na/c1-28-22-31(44(71-2)26-40(28)62-61-38-12-6-8-29-9-7-13-42(63)45(29)38)27-52-39-21-14-30-23-36(72(68,69)70)25-41(46(30)47(39)65)55-51-57-49(53-32-10-4-3-5-11-32)56-50(58-51)54-33-15-17-34(18-16-33)59-60-35-19-20-37(48(66)67)43(64)24-35;;;;;/h3-5,8-20,22-26,63-64H,27H2,1-2H3,(H,66,67)(H,68,69,70)(H3,53,54,55,56,57,58);;;;;/q-3;5*+1/p-2. The third-order valence-electron chi connectivity index (χ3n) is 10.7. The minimum atomic E-state index is -5.05. The summed E-state index contributed by atoms with van der Waals surface area (Å²) >= 11 is 0. The van der Waals surface area contributed by atoms with Crippen molar-refractivity contribution in [2.75, 3.05) is 23.1 Å². The number of ether oxygens (including phenoxy) is 1. The van der Waals surface area contributed by atoms with Crippen molar-refractivity contribution in [3.63, 3.8) is 0 Å². The van der Waals surface area contributed by atoms with Crippen LogP contribution in [0.15, 0.2) is 152 Å². The van der Waals surface area contributed by atoms with Crippen molar-refractivity contribution < 1.29 is 190 Å². The molecule has 0 amide bonds. The maximum atomic E-state index is 14.4. The summed E-state index contributed by atoms with van der Waals surface area (Å²) in [7, 11) is -3.58. The van der Waals surface area contributed by atoms with Crippen LogP contribution in [0.4, 0.5) is 57.7 Å². The molecular formula is C51H34N11Na5O9S. The second kappa shape index (κ2) is 28.9. The number of aromatic carboxylic acids is 1. The summed E-state index contributed by atoms with van der Waals surface area (Å²) in [5.74, 6) is -2.46. The van der Waals surface area contributed by atoms with Crippen LogP contribution in [-0.4, -0.2) is 62.7 Å². The fourth-order valence-corrected chi connectivity index (χ4v) is 7.84. The molecule has 9 rings (SSSR count). The maximum Gasteiger partial charge on any atom is 1.00 e. The summed E-state index contributed by atoms with van der Waals surface area (Å²) in [6.45, 7) is 1.76. The number of nitrogens with one attached hydrogen (secondary N) is 3. The van der Waals surface area contributed by atoms with Crippen LogP contribution in [0.3, 0.4) is 0 Å². The third-order valence-corrected chi connectivity index (χ3v) is 11.6. The van der Waals surface area contributed by atoms with Gasteiger partial charge in [-0.15, -0.1) is 22.4 Å². The van der Waals surface area contributed by atoms with Gasteiger partial charge in [0, 0.05) is 51.0 Å².